The minimum atomic E-state index is -3.88. The van der Waals surface area contributed by atoms with E-state index in [0.717, 1.165) is 25.0 Å². The highest BCUT2D eigenvalue weighted by Crippen LogP contribution is 2.46. The normalized spacial score (nSPS) is 19.2. The third-order valence-electron chi connectivity index (χ3n) is 5.77. The van der Waals surface area contributed by atoms with Gasteiger partial charge in [-0.05, 0) is 32.1 Å². The lowest BCUT2D eigenvalue weighted by Gasteiger charge is -2.38. The molecular weight excluding hydrogens is 418 g/mol. The van der Waals surface area contributed by atoms with Crippen molar-refractivity contribution in [1.29, 1.82) is 0 Å². The summed E-state index contributed by atoms with van der Waals surface area (Å²) in [7, 11) is -2.23. The number of aryl methyl sites for hydroxylation is 1. The van der Waals surface area contributed by atoms with Crippen LogP contribution >= 0.6 is 0 Å². The molecule has 1 unspecified atom stereocenters. The molecule has 0 bridgehead atoms. The van der Waals surface area contributed by atoms with Crippen molar-refractivity contribution in [2.45, 2.75) is 76.2 Å². The van der Waals surface area contributed by atoms with Gasteiger partial charge < -0.3 is 9.84 Å². The van der Waals surface area contributed by atoms with Gasteiger partial charge in [-0.25, -0.2) is 18.1 Å². The molecule has 10 heteroatoms. The van der Waals surface area contributed by atoms with Crippen LogP contribution in [0.4, 0.5) is 5.95 Å². The number of hydrogen-bond acceptors (Lipinski definition) is 7. The van der Waals surface area contributed by atoms with Gasteiger partial charge in [-0.15, -0.1) is 0 Å². The highest BCUT2D eigenvalue weighted by atomic mass is 32.2. The lowest BCUT2D eigenvalue weighted by molar-refractivity contribution is 0.0546. The Kier molecular flexibility index (Phi) is 6.61. The second-order valence-corrected chi connectivity index (χ2v) is 11.3. The van der Waals surface area contributed by atoms with Gasteiger partial charge in [0.25, 0.3) is 10.0 Å². The van der Waals surface area contributed by atoms with E-state index in [1.807, 2.05) is 0 Å². The average Bonchev–Trinajstić information content (AvgIpc) is 3.07. The Morgan fingerprint density at radius 3 is 2.68 bits per heavy atom. The Balaban J connectivity index is 1.92. The molecule has 0 spiro atoms. The van der Waals surface area contributed by atoms with Crippen LogP contribution in [-0.2, 0) is 17.1 Å². The fraction of sp³-hybridized carbons (Fsp3) is 0.667. The summed E-state index contributed by atoms with van der Waals surface area (Å²) < 4.78 is 35.2. The number of rotatable bonds is 8. The number of anilines is 1. The summed E-state index contributed by atoms with van der Waals surface area (Å²) in [5.41, 5.74) is -0.0653. The summed E-state index contributed by atoms with van der Waals surface area (Å²) in [6.45, 7) is 8.10. The number of nitrogens with one attached hydrogen (secondary N) is 1. The molecule has 1 aliphatic rings. The Labute approximate surface area is 184 Å². The van der Waals surface area contributed by atoms with Gasteiger partial charge in [0, 0.05) is 31.6 Å². The van der Waals surface area contributed by atoms with Crippen LogP contribution in [0, 0.1) is 5.41 Å². The highest BCUT2D eigenvalue weighted by Gasteiger charge is 2.35. The number of nitrogens with zero attached hydrogens (tertiary/aromatic N) is 4. The van der Waals surface area contributed by atoms with Gasteiger partial charge in [0.1, 0.15) is 4.90 Å². The number of aliphatic hydroxyl groups is 1. The zero-order valence-corrected chi connectivity index (χ0v) is 19.7. The summed E-state index contributed by atoms with van der Waals surface area (Å²) in [6, 6.07) is 1.80. The maximum Gasteiger partial charge on any atom is 0.267 e. The molecule has 0 amide bonds. The van der Waals surface area contributed by atoms with Crippen molar-refractivity contribution in [1.82, 2.24) is 19.7 Å². The Hall–Kier alpha value is -2.20. The van der Waals surface area contributed by atoms with Crippen molar-refractivity contribution in [3.8, 4) is 5.88 Å². The molecule has 31 heavy (non-hydrogen) atoms. The zero-order valence-electron chi connectivity index (χ0n) is 18.9. The fourth-order valence-corrected chi connectivity index (χ4v) is 4.83. The highest BCUT2D eigenvalue weighted by molar-refractivity contribution is 7.92. The van der Waals surface area contributed by atoms with Crippen LogP contribution in [0.2, 0.25) is 0 Å². The molecule has 1 saturated carbocycles. The average molecular weight is 452 g/mol. The summed E-state index contributed by atoms with van der Waals surface area (Å²) in [4.78, 5) is 8.88. The molecule has 9 nitrogen and oxygen atoms in total. The minimum absolute atomic E-state index is 0.0269. The molecule has 0 aliphatic heterocycles. The molecular formula is C21H33N5O4S. The van der Waals surface area contributed by atoms with Crippen molar-refractivity contribution in [3.63, 3.8) is 0 Å². The molecule has 2 aromatic heterocycles. The lowest BCUT2D eigenvalue weighted by atomic mass is 9.67. The van der Waals surface area contributed by atoms with Crippen LogP contribution in [0.1, 0.15) is 71.4 Å². The molecule has 2 heterocycles. The van der Waals surface area contributed by atoms with Gasteiger partial charge in [-0.3, -0.25) is 4.68 Å². The molecule has 2 N–H and O–H groups in total. The van der Waals surface area contributed by atoms with E-state index < -0.39 is 15.6 Å². The summed E-state index contributed by atoms with van der Waals surface area (Å²) in [6.07, 6.45) is 7.43. The van der Waals surface area contributed by atoms with Crippen molar-refractivity contribution in [2.24, 2.45) is 12.5 Å². The first-order valence-corrected chi connectivity index (χ1v) is 12.1. The topological polar surface area (TPSA) is 119 Å². The molecule has 0 radical (unpaired) electrons. The second kappa shape index (κ2) is 8.74. The van der Waals surface area contributed by atoms with Crippen LogP contribution < -0.4 is 9.46 Å². The summed E-state index contributed by atoms with van der Waals surface area (Å²) in [5, 5.41) is 13.9. The zero-order chi connectivity index (χ0) is 22.9. The van der Waals surface area contributed by atoms with Gasteiger partial charge >= 0.3 is 0 Å². The van der Waals surface area contributed by atoms with E-state index in [-0.39, 0.29) is 28.8 Å². The Morgan fingerprint density at radius 2 is 2.06 bits per heavy atom. The summed E-state index contributed by atoms with van der Waals surface area (Å²) >= 11 is 0. The van der Waals surface area contributed by atoms with Crippen LogP contribution in [0.3, 0.4) is 0 Å². The number of sulfonamides is 1. The van der Waals surface area contributed by atoms with Gasteiger partial charge in [0.05, 0.1) is 24.1 Å². The SMILES string of the molecule is Cn1cc(S(=O)(=O)Nc2nc(OCCC(C)(C)O)cc(C3CCCCC3(C)C)n2)cn1. The van der Waals surface area contributed by atoms with Crippen LogP contribution in [-0.4, -0.2) is 45.5 Å². The van der Waals surface area contributed by atoms with Crippen LogP contribution in [0.15, 0.2) is 23.4 Å². The van der Waals surface area contributed by atoms with E-state index in [1.165, 1.54) is 23.5 Å². The quantitative estimate of drug-likeness (QED) is 0.632. The molecule has 0 saturated heterocycles. The largest absolute Gasteiger partial charge is 0.477 e. The third kappa shape index (κ3) is 6.16. The van der Waals surface area contributed by atoms with Gasteiger partial charge in [-0.2, -0.15) is 10.1 Å². The van der Waals surface area contributed by atoms with Crippen molar-refractivity contribution < 1.29 is 18.3 Å². The summed E-state index contributed by atoms with van der Waals surface area (Å²) in [5.74, 6) is 0.433. The van der Waals surface area contributed by atoms with Gasteiger partial charge in [0.2, 0.25) is 11.8 Å². The third-order valence-corrected chi connectivity index (χ3v) is 7.05. The van der Waals surface area contributed by atoms with E-state index in [9.17, 15) is 13.5 Å². The number of aromatic nitrogens is 4. The standard InChI is InChI=1S/C21H33N5O4S/c1-20(2)9-7-6-8-16(20)17-12-18(30-11-10-21(3,4)27)24-19(23-17)25-31(28,29)15-13-22-26(5)14-15/h12-14,16,27H,6-11H2,1-5H3,(H,23,24,25). The van der Waals surface area contributed by atoms with Gasteiger partial charge in [0.15, 0.2) is 0 Å². The maximum atomic E-state index is 12.8. The Bertz CT molecular complexity index is 1010. The van der Waals surface area contributed by atoms with Crippen molar-refractivity contribution in [2.75, 3.05) is 11.3 Å². The molecule has 3 rings (SSSR count). The van der Waals surface area contributed by atoms with Crippen molar-refractivity contribution in [3.05, 3.63) is 24.2 Å². The van der Waals surface area contributed by atoms with E-state index in [1.54, 1.807) is 27.0 Å². The molecule has 172 valence electrons. The molecule has 0 aromatic carbocycles. The molecule has 2 aromatic rings. The number of hydrogen-bond donors (Lipinski definition) is 2. The fourth-order valence-electron chi connectivity index (χ4n) is 3.91. The maximum absolute atomic E-state index is 12.8. The molecule has 1 atom stereocenters. The Morgan fingerprint density at radius 1 is 1.32 bits per heavy atom. The lowest BCUT2D eigenvalue weighted by Crippen LogP contribution is -2.27. The van der Waals surface area contributed by atoms with E-state index in [4.69, 9.17) is 4.74 Å². The van der Waals surface area contributed by atoms with Crippen molar-refractivity contribution >= 4 is 16.0 Å². The van der Waals surface area contributed by atoms with Crippen LogP contribution in [0.25, 0.3) is 0 Å². The van der Waals surface area contributed by atoms with Gasteiger partial charge in [-0.1, -0.05) is 26.7 Å². The first-order valence-electron chi connectivity index (χ1n) is 10.6. The predicted molar refractivity (Wildman–Crippen MR) is 117 cm³/mol. The second-order valence-electron chi connectivity index (χ2n) is 9.61. The first-order chi connectivity index (χ1) is 14.4. The predicted octanol–water partition coefficient (Wildman–Crippen LogP) is 3.23. The smallest absolute Gasteiger partial charge is 0.267 e. The minimum Gasteiger partial charge on any atom is -0.477 e. The van der Waals surface area contributed by atoms with Crippen LogP contribution in [0.5, 0.6) is 5.88 Å². The molecule has 1 fully saturated rings. The van der Waals surface area contributed by atoms with E-state index in [0.29, 0.717) is 12.3 Å². The number of ether oxygens (including phenoxy) is 1. The monoisotopic (exact) mass is 451 g/mol. The van der Waals surface area contributed by atoms with E-state index in [2.05, 4.69) is 33.6 Å². The molecule has 1 aliphatic carbocycles. The first kappa shape index (κ1) is 23.5. The van der Waals surface area contributed by atoms with E-state index >= 15 is 0 Å².